The van der Waals surface area contributed by atoms with Crippen LogP contribution in [0.1, 0.15) is 49.0 Å². The Balaban J connectivity index is 1.84. The van der Waals surface area contributed by atoms with Gasteiger partial charge < -0.3 is 9.64 Å². The molecule has 0 bridgehead atoms. The van der Waals surface area contributed by atoms with Gasteiger partial charge in [0.2, 0.25) is 0 Å². The molecule has 0 unspecified atom stereocenters. The van der Waals surface area contributed by atoms with E-state index in [0.717, 1.165) is 18.4 Å². The number of hydrogen-bond donors (Lipinski definition) is 0. The van der Waals surface area contributed by atoms with E-state index in [-0.39, 0.29) is 18.0 Å². The van der Waals surface area contributed by atoms with Crippen molar-refractivity contribution in [3.8, 4) is 5.75 Å². The number of halogens is 1. The van der Waals surface area contributed by atoms with Crippen molar-refractivity contribution < 1.29 is 9.53 Å². The van der Waals surface area contributed by atoms with Crippen molar-refractivity contribution in [1.82, 2.24) is 4.90 Å². The summed E-state index contributed by atoms with van der Waals surface area (Å²) in [6.45, 7) is 4.65. The fraction of sp³-hybridized carbons (Fsp3) is 0.381. The zero-order valence-electron chi connectivity index (χ0n) is 14.7. The van der Waals surface area contributed by atoms with Crippen LogP contribution >= 0.6 is 11.6 Å². The van der Waals surface area contributed by atoms with Crippen molar-refractivity contribution in [2.75, 3.05) is 0 Å². The average molecular weight is 358 g/mol. The minimum absolute atomic E-state index is 0.00487. The van der Waals surface area contributed by atoms with E-state index in [9.17, 15) is 4.79 Å². The Hall–Kier alpha value is -2.00. The highest BCUT2D eigenvalue weighted by molar-refractivity contribution is 6.31. The van der Waals surface area contributed by atoms with Crippen LogP contribution in [-0.2, 0) is 6.61 Å². The van der Waals surface area contributed by atoms with Gasteiger partial charge >= 0.3 is 0 Å². The van der Waals surface area contributed by atoms with Crippen molar-refractivity contribution in [3.63, 3.8) is 0 Å². The van der Waals surface area contributed by atoms with Crippen LogP contribution in [0.5, 0.6) is 5.75 Å². The van der Waals surface area contributed by atoms with Crippen LogP contribution in [0.25, 0.3) is 0 Å². The molecule has 1 amide bonds. The first kappa shape index (κ1) is 17.8. The third-order valence-electron chi connectivity index (χ3n) is 4.84. The van der Waals surface area contributed by atoms with Crippen LogP contribution in [0.15, 0.2) is 48.5 Å². The molecule has 3 nitrogen and oxygen atoms in total. The second kappa shape index (κ2) is 7.92. The molecule has 132 valence electrons. The Labute approximate surface area is 154 Å². The Morgan fingerprint density at radius 2 is 1.80 bits per heavy atom. The Morgan fingerprint density at radius 3 is 2.48 bits per heavy atom. The van der Waals surface area contributed by atoms with Crippen molar-refractivity contribution >= 4 is 17.5 Å². The molecule has 2 aromatic carbocycles. The Bertz CT molecular complexity index is 722. The summed E-state index contributed by atoms with van der Waals surface area (Å²) < 4.78 is 5.95. The van der Waals surface area contributed by atoms with Gasteiger partial charge in [-0.1, -0.05) is 41.9 Å². The topological polar surface area (TPSA) is 29.5 Å². The summed E-state index contributed by atoms with van der Waals surface area (Å²) in [5.41, 5.74) is 1.61. The van der Waals surface area contributed by atoms with Gasteiger partial charge in [-0.3, -0.25) is 4.79 Å². The quantitative estimate of drug-likeness (QED) is 0.740. The molecule has 0 saturated carbocycles. The number of carbonyl (C=O) groups is 1. The van der Waals surface area contributed by atoms with Crippen LogP contribution in [0.4, 0.5) is 0 Å². The molecule has 1 saturated heterocycles. The molecule has 0 aromatic heterocycles. The lowest BCUT2D eigenvalue weighted by atomic mass is 9.96. The molecule has 1 fully saturated rings. The molecular weight excluding hydrogens is 334 g/mol. The average Bonchev–Trinajstić information content (AvgIpc) is 2.61. The highest BCUT2D eigenvalue weighted by Gasteiger charge is 2.31. The largest absolute Gasteiger partial charge is 0.488 e. The van der Waals surface area contributed by atoms with Gasteiger partial charge in [0.25, 0.3) is 5.91 Å². The maximum atomic E-state index is 13.2. The van der Waals surface area contributed by atoms with E-state index in [1.807, 2.05) is 35.2 Å². The predicted molar refractivity (Wildman–Crippen MR) is 101 cm³/mol. The zero-order chi connectivity index (χ0) is 17.8. The molecule has 0 spiro atoms. The molecule has 1 aliphatic rings. The Morgan fingerprint density at radius 1 is 1.12 bits per heavy atom. The third kappa shape index (κ3) is 4.16. The van der Waals surface area contributed by atoms with Gasteiger partial charge in [0.05, 0.1) is 5.56 Å². The molecule has 0 aliphatic carbocycles. The number of likely N-dealkylation sites (tertiary alicyclic amines) is 1. The maximum absolute atomic E-state index is 13.2. The van der Waals surface area contributed by atoms with Gasteiger partial charge in [0.1, 0.15) is 12.4 Å². The van der Waals surface area contributed by atoms with Crippen molar-refractivity contribution in [1.29, 1.82) is 0 Å². The fourth-order valence-electron chi connectivity index (χ4n) is 3.49. The maximum Gasteiger partial charge on any atom is 0.258 e. The summed E-state index contributed by atoms with van der Waals surface area (Å²) in [5, 5.41) is 0.549. The smallest absolute Gasteiger partial charge is 0.258 e. The van der Waals surface area contributed by atoms with E-state index >= 15 is 0 Å². The van der Waals surface area contributed by atoms with E-state index < -0.39 is 0 Å². The van der Waals surface area contributed by atoms with E-state index in [2.05, 4.69) is 13.8 Å². The van der Waals surface area contributed by atoms with Crippen LogP contribution < -0.4 is 4.74 Å². The summed E-state index contributed by atoms with van der Waals surface area (Å²) in [7, 11) is 0. The summed E-state index contributed by atoms with van der Waals surface area (Å²) in [4.78, 5) is 15.2. The number of ether oxygens (including phenoxy) is 1. The Kier molecular flexibility index (Phi) is 5.64. The number of rotatable bonds is 4. The molecule has 25 heavy (non-hydrogen) atoms. The van der Waals surface area contributed by atoms with Gasteiger partial charge in [-0.25, -0.2) is 0 Å². The van der Waals surface area contributed by atoms with Crippen LogP contribution in [0.3, 0.4) is 0 Å². The van der Waals surface area contributed by atoms with Gasteiger partial charge in [-0.15, -0.1) is 0 Å². The number of amides is 1. The first-order valence-corrected chi connectivity index (χ1v) is 9.23. The lowest BCUT2D eigenvalue weighted by Gasteiger charge is -2.39. The minimum Gasteiger partial charge on any atom is -0.488 e. The normalized spacial score (nSPS) is 20.4. The zero-order valence-corrected chi connectivity index (χ0v) is 15.5. The SMILES string of the molecule is C[C@@H]1CCC[C@H](C)N1C(=O)c1cc(Cl)ccc1OCc1ccccc1. The molecule has 1 heterocycles. The fourth-order valence-corrected chi connectivity index (χ4v) is 3.66. The highest BCUT2D eigenvalue weighted by atomic mass is 35.5. The second-order valence-corrected chi connectivity index (χ2v) is 7.19. The highest BCUT2D eigenvalue weighted by Crippen LogP contribution is 2.30. The molecule has 2 aromatic rings. The lowest BCUT2D eigenvalue weighted by Crippen LogP contribution is -2.47. The first-order valence-electron chi connectivity index (χ1n) is 8.85. The second-order valence-electron chi connectivity index (χ2n) is 6.76. The summed E-state index contributed by atoms with van der Waals surface area (Å²) in [6, 6.07) is 15.7. The standard InChI is InChI=1S/C21H24ClNO2/c1-15-7-6-8-16(2)23(15)21(24)19-13-18(22)11-12-20(19)25-14-17-9-4-3-5-10-17/h3-5,9-13,15-16H,6-8,14H2,1-2H3/t15-,16+. The number of carbonyl (C=O) groups excluding carboxylic acids is 1. The number of nitrogens with zero attached hydrogens (tertiary/aromatic N) is 1. The molecule has 3 rings (SSSR count). The van der Waals surface area contributed by atoms with Crippen LogP contribution in [0, 0.1) is 0 Å². The van der Waals surface area contributed by atoms with Crippen LogP contribution in [-0.4, -0.2) is 22.9 Å². The minimum atomic E-state index is 0.00487. The molecule has 0 radical (unpaired) electrons. The van der Waals surface area contributed by atoms with Crippen LogP contribution in [0.2, 0.25) is 5.02 Å². The van der Waals surface area contributed by atoms with E-state index in [4.69, 9.17) is 16.3 Å². The summed E-state index contributed by atoms with van der Waals surface area (Å²) in [5.74, 6) is 0.591. The van der Waals surface area contributed by atoms with E-state index in [0.29, 0.717) is 22.9 Å². The first-order chi connectivity index (χ1) is 12.1. The lowest BCUT2D eigenvalue weighted by molar-refractivity contribution is 0.0506. The van der Waals surface area contributed by atoms with Crippen molar-refractivity contribution in [3.05, 3.63) is 64.7 Å². The molecular formula is C21H24ClNO2. The number of hydrogen-bond acceptors (Lipinski definition) is 2. The van der Waals surface area contributed by atoms with Crippen molar-refractivity contribution in [2.45, 2.75) is 51.8 Å². The monoisotopic (exact) mass is 357 g/mol. The molecule has 0 N–H and O–H groups in total. The number of piperidine rings is 1. The third-order valence-corrected chi connectivity index (χ3v) is 5.07. The van der Waals surface area contributed by atoms with E-state index in [1.165, 1.54) is 6.42 Å². The van der Waals surface area contributed by atoms with E-state index in [1.54, 1.807) is 18.2 Å². The van der Waals surface area contributed by atoms with Gasteiger partial charge in [0, 0.05) is 17.1 Å². The molecule has 4 heteroatoms. The molecule has 2 atom stereocenters. The number of benzene rings is 2. The summed E-state index contributed by atoms with van der Waals surface area (Å²) in [6.07, 6.45) is 3.24. The van der Waals surface area contributed by atoms with Gasteiger partial charge in [0.15, 0.2) is 0 Å². The summed E-state index contributed by atoms with van der Waals surface area (Å²) >= 11 is 6.16. The predicted octanol–water partition coefficient (Wildman–Crippen LogP) is 5.32. The van der Waals surface area contributed by atoms with Crippen molar-refractivity contribution in [2.24, 2.45) is 0 Å². The van der Waals surface area contributed by atoms with Gasteiger partial charge in [-0.2, -0.15) is 0 Å². The van der Waals surface area contributed by atoms with Gasteiger partial charge in [-0.05, 0) is 56.9 Å². The molecule has 1 aliphatic heterocycles.